The number of thiophene rings is 1. The molecule has 7 heteroatoms. The quantitative estimate of drug-likeness (QED) is 0.493. The van der Waals surface area contributed by atoms with E-state index in [0.29, 0.717) is 10.0 Å². The van der Waals surface area contributed by atoms with Gasteiger partial charge in [-0.3, -0.25) is 0 Å². The first-order valence-electron chi connectivity index (χ1n) is 7.54. The Morgan fingerprint density at radius 1 is 1.21 bits per heavy atom. The number of aryl methyl sites for hydroxylation is 1. The maximum atomic E-state index is 6.07. The summed E-state index contributed by atoms with van der Waals surface area (Å²) in [7, 11) is 2.01. The summed E-state index contributed by atoms with van der Waals surface area (Å²) in [6.45, 7) is 4.33. The minimum atomic E-state index is 0.575. The van der Waals surface area contributed by atoms with Crippen molar-refractivity contribution in [2.45, 2.75) is 31.2 Å². The highest BCUT2D eigenvalue weighted by atomic mass is 35.5. The maximum Gasteiger partial charge on any atom is 0.191 e. The lowest BCUT2D eigenvalue weighted by molar-refractivity contribution is 0.793. The molecule has 0 aliphatic rings. The average Bonchev–Trinajstić information content (AvgIpc) is 3.11. The third-order valence-corrected chi connectivity index (χ3v) is 6.67. The zero-order chi connectivity index (χ0) is 17.3. The van der Waals surface area contributed by atoms with Gasteiger partial charge in [-0.15, -0.1) is 21.5 Å². The first-order valence-corrected chi connectivity index (χ1v) is 10.2. The van der Waals surface area contributed by atoms with Gasteiger partial charge in [-0.05, 0) is 36.6 Å². The molecule has 0 atom stereocenters. The maximum absolute atomic E-state index is 6.07. The molecule has 2 aromatic heterocycles. The summed E-state index contributed by atoms with van der Waals surface area (Å²) in [6, 6.07) is 5.70. The van der Waals surface area contributed by atoms with Gasteiger partial charge in [-0.1, -0.05) is 48.0 Å². The molecule has 3 rings (SSSR count). The molecule has 0 aliphatic carbocycles. The van der Waals surface area contributed by atoms with Crippen LogP contribution in [-0.4, -0.2) is 14.8 Å². The highest BCUT2D eigenvalue weighted by Crippen LogP contribution is 2.33. The Kier molecular flexibility index (Phi) is 5.55. The Morgan fingerprint density at radius 2 is 2.00 bits per heavy atom. The predicted octanol–water partition coefficient (Wildman–Crippen LogP) is 6.01. The Labute approximate surface area is 160 Å². The topological polar surface area (TPSA) is 30.7 Å². The van der Waals surface area contributed by atoms with Crippen LogP contribution < -0.4 is 0 Å². The van der Waals surface area contributed by atoms with E-state index in [0.717, 1.165) is 28.7 Å². The van der Waals surface area contributed by atoms with Gasteiger partial charge in [0.25, 0.3) is 0 Å². The second-order valence-corrected chi connectivity index (χ2v) is 8.28. The van der Waals surface area contributed by atoms with Crippen LogP contribution in [0.4, 0.5) is 0 Å². The number of hydrogen-bond acceptors (Lipinski definition) is 4. The number of rotatable bonds is 5. The van der Waals surface area contributed by atoms with E-state index in [9.17, 15) is 0 Å². The summed E-state index contributed by atoms with van der Waals surface area (Å²) >= 11 is 15.4. The molecule has 0 amide bonds. The average molecular weight is 398 g/mol. The SMILES string of the molecule is CCc1c(-c2nnc(SCc3ccc(Cl)c(Cl)c3)n2C)csc1C. The summed E-state index contributed by atoms with van der Waals surface area (Å²) in [5.74, 6) is 1.69. The number of nitrogens with zero attached hydrogens (tertiary/aromatic N) is 3. The number of halogens is 2. The van der Waals surface area contributed by atoms with E-state index in [1.807, 2.05) is 25.2 Å². The zero-order valence-electron chi connectivity index (χ0n) is 13.6. The van der Waals surface area contributed by atoms with Gasteiger partial charge in [0.2, 0.25) is 0 Å². The van der Waals surface area contributed by atoms with Gasteiger partial charge in [0.1, 0.15) is 0 Å². The van der Waals surface area contributed by atoms with E-state index in [4.69, 9.17) is 23.2 Å². The van der Waals surface area contributed by atoms with E-state index in [1.165, 1.54) is 16.0 Å². The van der Waals surface area contributed by atoms with Crippen LogP contribution in [0, 0.1) is 6.92 Å². The molecule has 126 valence electrons. The molecule has 0 spiro atoms. The highest BCUT2D eigenvalue weighted by molar-refractivity contribution is 7.98. The summed E-state index contributed by atoms with van der Waals surface area (Å²) in [5.41, 5.74) is 3.66. The molecular formula is C17H17Cl2N3S2. The summed E-state index contributed by atoms with van der Waals surface area (Å²) in [5, 5.41) is 13.0. The lowest BCUT2D eigenvalue weighted by Crippen LogP contribution is -1.96. The Morgan fingerprint density at radius 3 is 2.71 bits per heavy atom. The molecule has 0 aliphatic heterocycles. The fourth-order valence-corrected chi connectivity index (χ4v) is 4.67. The third kappa shape index (κ3) is 3.49. The van der Waals surface area contributed by atoms with Crippen molar-refractivity contribution in [1.82, 2.24) is 14.8 Å². The molecule has 0 saturated heterocycles. The van der Waals surface area contributed by atoms with Crippen molar-refractivity contribution < 1.29 is 0 Å². The van der Waals surface area contributed by atoms with Crippen molar-refractivity contribution in [3.05, 3.63) is 49.6 Å². The molecule has 3 aromatic rings. The van der Waals surface area contributed by atoms with E-state index >= 15 is 0 Å². The van der Waals surface area contributed by atoms with E-state index in [2.05, 4.69) is 34.0 Å². The number of hydrogen-bond donors (Lipinski definition) is 0. The minimum absolute atomic E-state index is 0.575. The highest BCUT2D eigenvalue weighted by Gasteiger charge is 2.16. The normalized spacial score (nSPS) is 11.2. The van der Waals surface area contributed by atoms with Gasteiger partial charge in [0, 0.05) is 28.6 Å². The largest absolute Gasteiger partial charge is 0.305 e. The molecule has 24 heavy (non-hydrogen) atoms. The lowest BCUT2D eigenvalue weighted by Gasteiger charge is -2.06. The number of thioether (sulfide) groups is 1. The van der Waals surface area contributed by atoms with Crippen LogP contribution in [0.3, 0.4) is 0 Å². The second-order valence-electron chi connectivity index (χ2n) is 5.44. The first kappa shape index (κ1) is 17.8. The van der Waals surface area contributed by atoms with Gasteiger partial charge in [0.05, 0.1) is 10.0 Å². The molecule has 0 bridgehead atoms. The zero-order valence-corrected chi connectivity index (χ0v) is 16.8. The fraction of sp³-hybridized carbons (Fsp3) is 0.294. The molecule has 0 N–H and O–H groups in total. The molecule has 2 heterocycles. The number of benzene rings is 1. The van der Waals surface area contributed by atoms with Crippen LogP contribution in [-0.2, 0) is 19.2 Å². The van der Waals surface area contributed by atoms with Crippen LogP contribution in [0.1, 0.15) is 22.9 Å². The van der Waals surface area contributed by atoms with E-state index in [1.54, 1.807) is 23.1 Å². The molecule has 3 nitrogen and oxygen atoms in total. The van der Waals surface area contributed by atoms with Crippen molar-refractivity contribution in [3.8, 4) is 11.4 Å². The summed E-state index contributed by atoms with van der Waals surface area (Å²) in [6.07, 6.45) is 1.00. The van der Waals surface area contributed by atoms with Crippen LogP contribution in [0.2, 0.25) is 10.0 Å². The van der Waals surface area contributed by atoms with Gasteiger partial charge >= 0.3 is 0 Å². The van der Waals surface area contributed by atoms with Gasteiger partial charge < -0.3 is 4.57 Å². The van der Waals surface area contributed by atoms with Crippen molar-refractivity contribution in [1.29, 1.82) is 0 Å². The van der Waals surface area contributed by atoms with Crippen LogP contribution >= 0.6 is 46.3 Å². The standard InChI is InChI=1S/C17H17Cl2N3S2/c1-4-12-10(2)23-9-13(12)16-20-21-17(22(16)3)24-8-11-5-6-14(18)15(19)7-11/h5-7,9H,4,8H2,1-3H3. The predicted molar refractivity (Wildman–Crippen MR) is 104 cm³/mol. The van der Waals surface area contributed by atoms with Crippen molar-refractivity contribution in [3.63, 3.8) is 0 Å². The van der Waals surface area contributed by atoms with Gasteiger partial charge in [0.15, 0.2) is 11.0 Å². The Hall–Kier alpha value is -1.01. The van der Waals surface area contributed by atoms with Crippen molar-refractivity contribution in [2.75, 3.05) is 0 Å². The smallest absolute Gasteiger partial charge is 0.191 e. The summed E-state index contributed by atoms with van der Waals surface area (Å²) in [4.78, 5) is 1.35. The molecular weight excluding hydrogens is 381 g/mol. The molecule has 0 radical (unpaired) electrons. The molecule has 0 unspecified atom stereocenters. The van der Waals surface area contributed by atoms with Crippen LogP contribution in [0.15, 0.2) is 28.7 Å². The monoisotopic (exact) mass is 397 g/mol. The Balaban J connectivity index is 1.81. The molecule has 1 aromatic carbocycles. The minimum Gasteiger partial charge on any atom is -0.305 e. The fourth-order valence-electron chi connectivity index (χ4n) is 2.56. The second kappa shape index (κ2) is 7.48. The van der Waals surface area contributed by atoms with E-state index < -0.39 is 0 Å². The van der Waals surface area contributed by atoms with Crippen molar-refractivity contribution in [2.24, 2.45) is 7.05 Å². The van der Waals surface area contributed by atoms with Crippen LogP contribution in [0.25, 0.3) is 11.4 Å². The Bertz CT molecular complexity index is 871. The summed E-state index contributed by atoms with van der Waals surface area (Å²) < 4.78 is 2.06. The number of aromatic nitrogens is 3. The molecule has 0 saturated carbocycles. The third-order valence-electron chi connectivity index (χ3n) is 3.88. The lowest BCUT2D eigenvalue weighted by atomic mass is 10.1. The first-order chi connectivity index (χ1) is 11.5. The molecule has 0 fully saturated rings. The van der Waals surface area contributed by atoms with Crippen molar-refractivity contribution >= 4 is 46.3 Å². The van der Waals surface area contributed by atoms with Gasteiger partial charge in [-0.2, -0.15) is 0 Å². The van der Waals surface area contributed by atoms with Crippen LogP contribution in [0.5, 0.6) is 0 Å². The van der Waals surface area contributed by atoms with E-state index in [-0.39, 0.29) is 0 Å². The van der Waals surface area contributed by atoms with Gasteiger partial charge in [-0.25, -0.2) is 0 Å².